The lowest BCUT2D eigenvalue weighted by Gasteiger charge is -2.17. The summed E-state index contributed by atoms with van der Waals surface area (Å²) in [5.74, 6) is -1.78. The molecule has 0 radical (unpaired) electrons. The molecule has 0 saturated carbocycles. The summed E-state index contributed by atoms with van der Waals surface area (Å²) in [6, 6.07) is 2.60. The van der Waals surface area contributed by atoms with Crippen molar-refractivity contribution in [2.24, 2.45) is 0 Å². The van der Waals surface area contributed by atoms with Gasteiger partial charge in [0.2, 0.25) is 5.78 Å². The maximum Gasteiger partial charge on any atom is 0.230 e. The highest BCUT2D eigenvalue weighted by Crippen LogP contribution is 2.41. The number of fused-ring (bicyclic) bond motifs is 1. The highest BCUT2D eigenvalue weighted by molar-refractivity contribution is 6.38. The Kier molecular flexibility index (Phi) is 2.69. The smallest absolute Gasteiger partial charge is 0.230 e. The molecule has 1 aliphatic heterocycles. The Morgan fingerprint density at radius 3 is 2.65 bits per heavy atom. The molecule has 1 aliphatic carbocycles. The van der Waals surface area contributed by atoms with Crippen LogP contribution < -0.4 is 0 Å². The van der Waals surface area contributed by atoms with E-state index < -0.39 is 17.7 Å². The number of carbonyl (C=O) groups is 3. The third-order valence-electron chi connectivity index (χ3n) is 3.44. The summed E-state index contributed by atoms with van der Waals surface area (Å²) in [5, 5.41) is 9.87. The number of ketones is 3. The molecule has 0 amide bonds. The van der Waals surface area contributed by atoms with E-state index in [0.717, 1.165) is 0 Å². The van der Waals surface area contributed by atoms with Crippen LogP contribution in [0.5, 0.6) is 5.75 Å². The lowest BCUT2D eigenvalue weighted by molar-refractivity contribution is -0.124. The molecule has 5 nitrogen and oxygen atoms in total. The Balaban J connectivity index is 2.17. The van der Waals surface area contributed by atoms with Crippen molar-refractivity contribution in [3.8, 4) is 5.75 Å². The Hall–Kier alpha value is -2.14. The number of ether oxygens (including phenoxy) is 1. The van der Waals surface area contributed by atoms with Crippen LogP contribution in [0.3, 0.4) is 0 Å². The SMILES string of the molecule is CC(=O)C1CC2=C(O1)C(=O)c1c(Cl)ccc(O)c1C2=O. The second kappa shape index (κ2) is 4.18. The minimum Gasteiger partial charge on any atom is -0.507 e. The van der Waals surface area contributed by atoms with Gasteiger partial charge in [-0.25, -0.2) is 0 Å². The zero-order valence-corrected chi connectivity index (χ0v) is 11.2. The van der Waals surface area contributed by atoms with Crippen LogP contribution in [-0.2, 0) is 9.53 Å². The molecule has 1 aromatic rings. The van der Waals surface area contributed by atoms with Crippen molar-refractivity contribution >= 4 is 29.0 Å². The van der Waals surface area contributed by atoms with Gasteiger partial charge in [0.05, 0.1) is 21.7 Å². The summed E-state index contributed by atoms with van der Waals surface area (Å²) in [7, 11) is 0. The first kappa shape index (κ1) is 12.9. The van der Waals surface area contributed by atoms with Crippen molar-refractivity contribution in [1.82, 2.24) is 0 Å². The maximum atomic E-state index is 12.4. The molecule has 2 aliphatic rings. The molecule has 3 rings (SSSR count). The summed E-state index contributed by atoms with van der Waals surface area (Å²) >= 11 is 5.93. The van der Waals surface area contributed by atoms with Crippen LogP contribution in [0.25, 0.3) is 0 Å². The second-order valence-corrected chi connectivity index (χ2v) is 5.11. The van der Waals surface area contributed by atoms with E-state index in [0.29, 0.717) is 0 Å². The minimum absolute atomic E-state index is 0.0423. The maximum absolute atomic E-state index is 12.4. The number of phenols is 1. The van der Waals surface area contributed by atoms with Gasteiger partial charge in [-0.3, -0.25) is 14.4 Å². The topological polar surface area (TPSA) is 80.7 Å². The number of aromatic hydroxyl groups is 1. The van der Waals surface area contributed by atoms with E-state index in [1.165, 1.54) is 19.1 Å². The van der Waals surface area contributed by atoms with Gasteiger partial charge in [0, 0.05) is 6.42 Å². The third kappa shape index (κ3) is 1.59. The van der Waals surface area contributed by atoms with Crippen molar-refractivity contribution < 1.29 is 24.2 Å². The second-order valence-electron chi connectivity index (χ2n) is 4.70. The third-order valence-corrected chi connectivity index (χ3v) is 3.76. The van der Waals surface area contributed by atoms with Crippen LogP contribution in [0.2, 0.25) is 5.02 Å². The predicted molar refractivity (Wildman–Crippen MR) is 69.0 cm³/mol. The Morgan fingerprint density at radius 2 is 2.00 bits per heavy atom. The zero-order chi connectivity index (χ0) is 14.6. The molecule has 0 saturated heterocycles. The molecule has 1 aromatic carbocycles. The first-order valence-electron chi connectivity index (χ1n) is 5.93. The molecule has 0 spiro atoms. The molecule has 0 fully saturated rings. The number of carbonyl (C=O) groups excluding carboxylic acids is 3. The Morgan fingerprint density at radius 1 is 1.30 bits per heavy atom. The van der Waals surface area contributed by atoms with E-state index >= 15 is 0 Å². The van der Waals surface area contributed by atoms with Crippen molar-refractivity contribution in [2.45, 2.75) is 19.4 Å². The summed E-state index contributed by atoms with van der Waals surface area (Å²) in [6.07, 6.45) is -0.788. The number of rotatable bonds is 1. The molecule has 20 heavy (non-hydrogen) atoms. The molecule has 1 atom stereocenters. The predicted octanol–water partition coefficient (Wildman–Crippen LogP) is 2.06. The molecular formula is C14H9ClO5. The van der Waals surface area contributed by atoms with Gasteiger partial charge in [-0.05, 0) is 19.1 Å². The standard InChI is InChI=1S/C14H9ClO5/c1-5(16)9-4-6-12(18)11-8(17)3-2-7(15)10(11)13(19)14(6)20-9/h2-3,9,17H,4H2,1H3. The molecule has 6 heteroatoms. The minimum atomic E-state index is -0.830. The highest BCUT2D eigenvalue weighted by Gasteiger charge is 2.43. The van der Waals surface area contributed by atoms with E-state index in [1.807, 2.05) is 0 Å². The van der Waals surface area contributed by atoms with Crippen molar-refractivity contribution in [2.75, 3.05) is 0 Å². The van der Waals surface area contributed by atoms with Gasteiger partial charge in [0.1, 0.15) is 5.75 Å². The Labute approximate surface area is 118 Å². The molecule has 0 aromatic heterocycles. The molecule has 0 bridgehead atoms. The fraction of sp³-hybridized carbons (Fsp3) is 0.214. The van der Waals surface area contributed by atoms with Gasteiger partial charge < -0.3 is 9.84 Å². The monoisotopic (exact) mass is 292 g/mol. The van der Waals surface area contributed by atoms with E-state index in [9.17, 15) is 19.5 Å². The summed E-state index contributed by atoms with van der Waals surface area (Å²) in [6.45, 7) is 1.33. The molecule has 1 N–H and O–H groups in total. The number of allylic oxidation sites excluding steroid dienone is 1. The summed E-state index contributed by atoms with van der Waals surface area (Å²) < 4.78 is 5.28. The van der Waals surface area contributed by atoms with Crippen LogP contribution in [0.4, 0.5) is 0 Å². The van der Waals surface area contributed by atoms with E-state index in [-0.39, 0.29) is 45.4 Å². The number of phenolic OH excluding ortho intramolecular Hbond substituents is 1. The molecule has 1 heterocycles. The fourth-order valence-corrected chi connectivity index (χ4v) is 2.67. The number of halogens is 1. The van der Waals surface area contributed by atoms with Crippen LogP contribution >= 0.6 is 11.6 Å². The van der Waals surface area contributed by atoms with Gasteiger partial charge >= 0.3 is 0 Å². The zero-order valence-electron chi connectivity index (χ0n) is 10.4. The van der Waals surface area contributed by atoms with Crippen LogP contribution in [-0.4, -0.2) is 28.6 Å². The normalized spacial score (nSPS) is 20.6. The Bertz CT molecular complexity index is 664. The number of benzene rings is 1. The van der Waals surface area contributed by atoms with Crippen LogP contribution in [0.1, 0.15) is 34.1 Å². The fourth-order valence-electron chi connectivity index (χ4n) is 2.43. The van der Waals surface area contributed by atoms with E-state index in [4.69, 9.17) is 16.3 Å². The van der Waals surface area contributed by atoms with Gasteiger partial charge in [0.25, 0.3) is 0 Å². The average Bonchev–Trinajstić information content (AvgIpc) is 2.84. The van der Waals surface area contributed by atoms with E-state index in [2.05, 4.69) is 0 Å². The lowest BCUT2D eigenvalue weighted by Crippen LogP contribution is -2.21. The van der Waals surface area contributed by atoms with Crippen molar-refractivity contribution in [3.63, 3.8) is 0 Å². The van der Waals surface area contributed by atoms with Crippen molar-refractivity contribution in [3.05, 3.63) is 39.6 Å². The number of Topliss-reactive ketones (excluding diaryl/α,β-unsaturated/α-hetero) is 3. The van der Waals surface area contributed by atoms with Gasteiger partial charge in [0.15, 0.2) is 23.4 Å². The number of hydrogen-bond acceptors (Lipinski definition) is 5. The molecular weight excluding hydrogens is 284 g/mol. The van der Waals surface area contributed by atoms with Crippen LogP contribution in [0, 0.1) is 0 Å². The molecule has 1 unspecified atom stereocenters. The van der Waals surface area contributed by atoms with E-state index in [1.54, 1.807) is 0 Å². The highest BCUT2D eigenvalue weighted by atomic mass is 35.5. The molecule has 102 valence electrons. The van der Waals surface area contributed by atoms with Gasteiger partial charge in [-0.15, -0.1) is 0 Å². The van der Waals surface area contributed by atoms with Crippen molar-refractivity contribution in [1.29, 1.82) is 0 Å². The van der Waals surface area contributed by atoms with Gasteiger partial charge in [-0.1, -0.05) is 11.6 Å². The largest absolute Gasteiger partial charge is 0.507 e. The lowest BCUT2D eigenvalue weighted by atomic mass is 9.86. The first-order chi connectivity index (χ1) is 9.41. The van der Waals surface area contributed by atoms with Crippen LogP contribution in [0.15, 0.2) is 23.5 Å². The summed E-state index contributed by atoms with van der Waals surface area (Å²) in [4.78, 5) is 36.1. The van der Waals surface area contributed by atoms with Gasteiger partial charge in [-0.2, -0.15) is 0 Å². The average molecular weight is 293 g/mol. The number of hydrogen-bond donors (Lipinski definition) is 1. The first-order valence-corrected chi connectivity index (χ1v) is 6.30. The summed E-state index contributed by atoms with van der Waals surface area (Å²) in [5.41, 5.74) is -0.0612. The quantitative estimate of drug-likeness (QED) is 0.857.